The van der Waals surface area contributed by atoms with Gasteiger partial charge in [0.1, 0.15) is 10.6 Å². The van der Waals surface area contributed by atoms with E-state index in [1.54, 1.807) is 14.1 Å². The maximum Gasteiger partial charge on any atom is 0.265 e. The number of rotatable bonds is 5. The lowest BCUT2D eigenvalue weighted by atomic mass is 9.98. The predicted molar refractivity (Wildman–Crippen MR) is 79.3 cm³/mol. The van der Waals surface area contributed by atoms with Crippen LogP contribution in [0.1, 0.15) is 23.3 Å². The van der Waals surface area contributed by atoms with Crippen molar-refractivity contribution in [1.82, 2.24) is 14.2 Å². The van der Waals surface area contributed by atoms with Crippen LogP contribution in [0, 0.1) is 5.92 Å². The second kappa shape index (κ2) is 6.17. The lowest BCUT2D eigenvalue weighted by molar-refractivity contribution is 0.0992. The number of piperidine rings is 1. The fourth-order valence-electron chi connectivity index (χ4n) is 2.63. The minimum absolute atomic E-state index is 0.107. The van der Waals surface area contributed by atoms with Crippen molar-refractivity contribution in [3.8, 4) is 0 Å². The third-order valence-corrected chi connectivity index (χ3v) is 5.70. The predicted octanol–water partition coefficient (Wildman–Crippen LogP) is -0.256. The van der Waals surface area contributed by atoms with Crippen LogP contribution in [0.4, 0.5) is 0 Å². The van der Waals surface area contributed by atoms with Crippen LogP contribution in [-0.2, 0) is 17.1 Å². The quantitative estimate of drug-likeness (QED) is 0.783. The first-order valence-electron chi connectivity index (χ1n) is 6.95. The van der Waals surface area contributed by atoms with Gasteiger partial charge in [0.2, 0.25) is 10.0 Å². The van der Waals surface area contributed by atoms with Gasteiger partial charge in [-0.3, -0.25) is 4.79 Å². The number of nitrogens with zero attached hydrogens (tertiary/aromatic N) is 2. The molecular weight excluding hydrogens is 292 g/mol. The smallest absolute Gasteiger partial charge is 0.265 e. The summed E-state index contributed by atoms with van der Waals surface area (Å²) in [5.74, 6) is -0.273. The summed E-state index contributed by atoms with van der Waals surface area (Å²) in [6.07, 6.45) is 3.37. The minimum Gasteiger partial charge on any atom is -0.364 e. The van der Waals surface area contributed by atoms with Gasteiger partial charge in [-0.2, -0.15) is 0 Å². The van der Waals surface area contributed by atoms with Crippen LogP contribution in [0.25, 0.3) is 0 Å². The number of hydrogen-bond donors (Lipinski definition) is 2. The molecule has 0 bridgehead atoms. The number of amides is 1. The van der Waals surface area contributed by atoms with Gasteiger partial charge in [0, 0.05) is 26.8 Å². The number of aryl methyl sites for hydroxylation is 1. The van der Waals surface area contributed by atoms with Gasteiger partial charge in [0.15, 0.2) is 0 Å². The third-order valence-electron chi connectivity index (χ3n) is 3.91. The van der Waals surface area contributed by atoms with Gasteiger partial charge in [-0.25, -0.2) is 12.7 Å². The normalized spacial score (nSPS) is 17.3. The van der Waals surface area contributed by atoms with Gasteiger partial charge in [-0.15, -0.1) is 0 Å². The van der Waals surface area contributed by atoms with Crippen LogP contribution < -0.4 is 11.1 Å². The molecule has 0 spiro atoms. The van der Waals surface area contributed by atoms with Gasteiger partial charge in [-0.1, -0.05) is 0 Å². The van der Waals surface area contributed by atoms with Crippen molar-refractivity contribution in [2.24, 2.45) is 18.7 Å². The fourth-order valence-corrected chi connectivity index (χ4v) is 3.95. The Morgan fingerprint density at radius 2 is 2.10 bits per heavy atom. The van der Waals surface area contributed by atoms with Crippen molar-refractivity contribution in [2.45, 2.75) is 17.7 Å². The molecule has 1 aromatic heterocycles. The van der Waals surface area contributed by atoms with Crippen LogP contribution in [0.2, 0.25) is 0 Å². The number of hydrogen-bond acceptors (Lipinski definition) is 4. The summed E-state index contributed by atoms with van der Waals surface area (Å²) in [5, 5.41) is 3.26. The van der Waals surface area contributed by atoms with Gasteiger partial charge in [0.25, 0.3) is 5.91 Å². The molecule has 3 N–H and O–H groups in total. The second-order valence-electron chi connectivity index (χ2n) is 5.52. The van der Waals surface area contributed by atoms with Crippen molar-refractivity contribution in [3.63, 3.8) is 0 Å². The van der Waals surface area contributed by atoms with Gasteiger partial charge in [-0.05, 0) is 37.9 Å². The molecule has 0 radical (unpaired) electrons. The highest BCUT2D eigenvalue weighted by molar-refractivity contribution is 7.89. The largest absolute Gasteiger partial charge is 0.364 e. The lowest BCUT2D eigenvalue weighted by Gasteiger charge is -2.26. The van der Waals surface area contributed by atoms with Crippen LogP contribution >= 0.6 is 0 Å². The Labute approximate surface area is 125 Å². The minimum atomic E-state index is -3.59. The third kappa shape index (κ3) is 3.45. The van der Waals surface area contributed by atoms with E-state index in [0.29, 0.717) is 12.5 Å². The summed E-state index contributed by atoms with van der Waals surface area (Å²) in [6, 6.07) is 1.33. The Hall–Kier alpha value is -1.38. The highest BCUT2D eigenvalue weighted by atomic mass is 32.2. The van der Waals surface area contributed by atoms with Crippen LogP contribution in [0.3, 0.4) is 0 Å². The molecule has 0 atom stereocenters. The van der Waals surface area contributed by atoms with E-state index in [1.807, 2.05) is 0 Å². The molecule has 1 aliphatic rings. The van der Waals surface area contributed by atoms with E-state index >= 15 is 0 Å². The zero-order valence-electron chi connectivity index (χ0n) is 12.4. The van der Waals surface area contributed by atoms with E-state index in [0.717, 1.165) is 25.9 Å². The summed E-state index contributed by atoms with van der Waals surface area (Å²) in [6.45, 7) is 2.34. The summed E-state index contributed by atoms with van der Waals surface area (Å²) in [5.41, 5.74) is 5.41. The maximum absolute atomic E-state index is 12.5. The Morgan fingerprint density at radius 1 is 1.48 bits per heavy atom. The topological polar surface area (TPSA) is 97.4 Å². The first kappa shape index (κ1) is 16.0. The molecule has 118 valence electrons. The summed E-state index contributed by atoms with van der Waals surface area (Å²) < 4.78 is 27.9. The molecule has 0 unspecified atom stereocenters. The van der Waals surface area contributed by atoms with Crippen molar-refractivity contribution in [3.05, 3.63) is 18.0 Å². The summed E-state index contributed by atoms with van der Waals surface area (Å²) in [7, 11) is -0.408. The van der Waals surface area contributed by atoms with Crippen LogP contribution in [0.15, 0.2) is 17.2 Å². The lowest BCUT2D eigenvalue weighted by Crippen LogP contribution is -2.37. The van der Waals surface area contributed by atoms with Gasteiger partial charge < -0.3 is 15.6 Å². The number of primary amides is 1. The zero-order chi connectivity index (χ0) is 15.6. The molecule has 7 nitrogen and oxygen atoms in total. The molecule has 1 fully saturated rings. The highest BCUT2D eigenvalue weighted by Crippen LogP contribution is 2.20. The van der Waals surface area contributed by atoms with Crippen molar-refractivity contribution < 1.29 is 13.2 Å². The Kier molecular flexibility index (Phi) is 4.70. The van der Waals surface area contributed by atoms with E-state index in [4.69, 9.17) is 5.73 Å². The van der Waals surface area contributed by atoms with E-state index in [9.17, 15) is 13.2 Å². The molecule has 0 saturated carbocycles. The molecule has 2 rings (SSSR count). The zero-order valence-corrected chi connectivity index (χ0v) is 13.2. The van der Waals surface area contributed by atoms with Crippen LogP contribution in [0.5, 0.6) is 0 Å². The number of carbonyl (C=O) groups excluding carboxylic acids is 1. The molecule has 1 aromatic rings. The van der Waals surface area contributed by atoms with Gasteiger partial charge >= 0.3 is 0 Å². The standard InChI is InChI=1S/C13H22N4O3S/c1-16-9-11(7-12(16)13(14)18)21(19,20)17(2)8-10-3-5-15-6-4-10/h7,9-10,15H,3-6,8H2,1-2H3,(H2,14,18). The second-order valence-corrected chi connectivity index (χ2v) is 7.56. The maximum atomic E-state index is 12.5. The molecule has 0 aliphatic carbocycles. The SMILES string of the molecule is CN(CC1CCNCC1)S(=O)(=O)c1cc(C(N)=O)n(C)c1. The number of nitrogens with two attached hydrogens (primary N) is 1. The molecular formula is C13H22N4O3S. The Bertz CT molecular complexity index is 617. The average molecular weight is 314 g/mol. The monoisotopic (exact) mass is 314 g/mol. The first-order chi connectivity index (χ1) is 9.82. The van der Waals surface area contributed by atoms with Crippen molar-refractivity contribution in [1.29, 1.82) is 0 Å². The fraction of sp³-hybridized carbons (Fsp3) is 0.615. The number of carbonyl (C=O) groups is 1. The molecule has 0 aromatic carbocycles. The van der Waals surface area contributed by atoms with Crippen molar-refractivity contribution in [2.75, 3.05) is 26.7 Å². The molecule has 1 amide bonds. The van der Waals surface area contributed by atoms with Crippen molar-refractivity contribution >= 4 is 15.9 Å². The van der Waals surface area contributed by atoms with Crippen LogP contribution in [-0.4, -0.2) is 49.9 Å². The Morgan fingerprint density at radius 3 is 2.62 bits per heavy atom. The highest BCUT2D eigenvalue weighted by Gasteiger charge is 2.26. The molecule has 1 saturated heterocycles. The van der Waals surface area contributed by atoms with Gasteiger partial charge in [0.05, 0.1) is 0 Å². The average Bonchev–Trinajstić information content (AvgIpc) is 2.82. The molecule has 21 heavy (non-hydrogen) atoms. The number of nitrogens with one attached hydrogen (secondary N) is 1. The Balaban J connectivity index is 2.16. The van der Waals surface area contributed by atoms with E-state index < -0.39 is 15.9 Å². The van der Waals surface area contributed by atoms with E-state index in [2.05, 4.69) is 5.32 Å². The summed E-state index contributed by atoms with van der Waals surface area (Å²) in [4.78, 5) is 11.3. The molecule has 2 heterocycles. The molecule has 8 heteroatoms. The van der Waals surface area contributed by atoms with E-state index in [1.165, 1.54) is 21.1 Å². The number of sulfonamides is 1. The molecule has 1 aliphatic heterocycles. The first-order valence-corrected chi connectivity index (χ1v) is 8.39. The number of aromatic nitrogens is 1. The van der Waals surface area contributed by atoms with E-state index in [-0.39, 0.29) is 10.6 Å². The summed E-state index contributed by atoms with van der Waals surface area (Å²) >= 11 is 0.